The van der Waals surface area contributed by atoms with Crippen LogP contribution in [0.4, 0.5) is 11.4 Å². The van der Waals surface area contributed by atoms with Crippen LogP contribution in [0, 0.1) is 13.8 Å². The standard InChI is InChI=1S/C23H24ClN5O3S2/c1-13-12-33-23(25-13)15-7-8-16(18(10-15)34(3,30)31)27-17-11-19(24)28-22-21(17)26-14(2)29(22)20-6-4-5-9-32-20/h7-8,10-12,20H,4-6,9H2,1-3H3,(H,27,28). The van der Waals surface area contributed by atoms with E-state index in [-0.39, 0.29) is 16.3 Å². The average Bonchev–Trinajstić information content (AvgIpc) is 3.36. The third-order valence-corrected chi connectivity index (χ3v) is 8.09. The minimum Gasteiger partial charge on any atom is -0.358 e. The third kappa shape index (κ3) is 4.43. The molecule has 1 N–H and O–H groups in total. The van der Waals surface area contributed by atoms with E-state index in [9.17, 15) is 8.42 Å². The lowest BCUT2D eigenvalue weighted by Gasteiger charge is -2.25. The van der Waals surface area contributed by atoms with Crippen LogP contribution in [0.15, 0.2) is 34.5 Å². The van der Waals surface area contributed by atoms with Crippen molar-refractivity contribution in [3.63, 3.8) is 0 Å². The SMILES string of the molecule is Cc1csc(-c2ccc(Nc3cc(Cl)nc4c3nc(C)n4C3CCCCO3)c(S(C)(=O)=O)c2)n1. The Balaban J connectivity index is 1.60. The molecule has 0 saturated carbocycles. The topological polar surface area (TPSA) is 99.0 Å². The molecule has 1 aliphatic heterocycles. The second kappa shape index (κ2) is 8.92. The van der Waals surface area contributed by atoms with Crippen molar-refractivity contribution in [2.75, 3.05) is 18.2 Å². The Kier molecular flexibility index (Phi) is 6.09. The molecule has 34 heavy (non-hydrogen) atoms. The first-order chi connectivity index (χ1) is 16.2. The number of thiazole rings is 1. The summed E-state index contributed by atoms with van der Waals surface area (Å²) in [4.78, 5) is 13.9. The summed E-state index contributed by atoms with van der Waals surface area (Å²) in [5.74, 6) is 0.762. The highest BCUT2D eigenvalue weighted by Gasteiger charge is 2.24. The number of aromatic nitrogens is 4. The van der Waals surface area contributed by atoms with Crippen LogP contribution in [-0.2, 0) is 14.6 Å². The van der Waals surface area contributed by atoms with E-state index in [2.05, 4.69) is 15.3 Å². The number of nitrogens with zero attached hydrogens (tertiary/aromatic N) is 4. The maximum absolute atomic E-state index is 12.7. The highest BCUT2D eigenvalue weighted by molar-refractivity contribution is 7.90. The molecule has 1 aliphatic rings. The summed E-state index contributed by atoms with van der Waals surface area (Å²) in [5.41, 5.74) is 3.87. The largest absolute Gasteiger partial charge is 0.358 e. The molecule has 0 amide bonds. The Morgan fingerprint density at radius 1 is 1.15 bits per heavy atom. The molecule has 1 saturated heterocycles. The maximum atomic E-state index is 12.7. The number of imidazole rings is 1. The zero-order valence-corrected chi connectivity index (χ0v) is 21.4. The second-order valence-corrected chi connectivity index (χ2v) is 11.6. The number of halogens is 1. The second-order valence-electron chi connectivity index (χ2n) is 8.42. The zero-order valence-electron chi connectivity index (χ0n) is 19.0. The Hall–Kier alpha value is -2.53. The van der Waals surface area contributed by atoms with E-state index in [0.29, 0.717) is 29.1 Å². The fraction of sp³-hybridized carbons (Fsp3) is 0.348. The molecule has 3 aromatic heterocycles. The minimum absolute atomic E-state index is 0.148. The van der Waals surface area contributed by atoms with E-state index < -0.39 is 9.84 Å². The zero-order chi connectivity index (χ0) is 24.0. The van der Waals surface area contributed by atoms with Gasteiger partial charge in [-0.25, -0.2) is 23.4 Å². The Morgan fingerprint density at radius 2 is 1.97 bits per heavy atom. The van der Waals surface area contributed by atoms with Crippen molar-refractivity contribution in [1.82, 2.24) is 19.5 Å². The smallest absolute Gasteiger partial charge is 0.177 e. The number of hydrogen-bond acceptors (Lipinski definition) is 8. The molecule has 5 rings (SSSR count). The van der Waals surface area contributed by atoms with Crippen molar-refractivity contribution in [3.8, 4) is 10.6 Å². The first kappa shape index (κ1) is 23.2. The van der Waals surface area contributed by atoms with Gasteiger partial charge in [0.05, 0.1) is 16.3 Å². The van der Waals surface area contributed by atoms with E-state index in [0.717, 1.165) is 41.4 Å². The Bertz CT molecular complexity index is 1490. The molecule has 0 radical (unpaired) electrons. The molecule has 178 valence electrons. The summed E-state index contributed by atoms with van der Waals surface area (Å²) in [6.45, 7) is 4.51. The number of fused-ring (bicyclic) bond motifs is 1. The summed E-state index contributed by atoms with van der Waals surface area (Å²) >= 11 is 7.87. The quantitative estimate of drug-likeness (QED) is 0.340. The van der Waals surface area contributed by atoms with Crippen LogP contribution >= 0.6 is 22.9 Å². The van der Waals surface area contributed by atoms with Gasteiger partial charge < -0.3 is 10.1 Å². The van der Waals surface area contributed by atoms with E-state index in [1.54, 1.807) is 18.2 Å². The summed E-state index contributed by atoms with van der Waals surface area (Å²) in [6.07, 6.45) is 4.02. The highest BCUT2D eigenvalue weighted by Crippen LogP contribution is 2.36. The summed E-state index contributed by atoms with van der Waals surface area (Å²) < 4.78 is 33.3. The van der Waals surface area contributed by atoms with E-state index in [1.807, 2.05) is 29.9 Å². The molecular weight excluding hydrogens is 494 g/mol. The number of ether oxygens (including phenoxy) is 1. The fourth-order valence-corrected chi connectivity index (χ4v) is 6.05. The van der Waals surface area contributed by atoms with Gasteiger partial charge in [-0.1, -0.05) is 11.6 Å². The molecule has 1 atom stereocenters. The molecule has 11 heteroatoms. The molecule has 1 fully saturated rings. The minimum atomic E-state index is -3.54. The van der Waals surface area contributed by atoms with Gasteiger partial charge in [0.25, 0.3) is 0 Å². The normalized spacial score (nSPS) is 16.8. The number of sulfone groups is 1. The van der Waals surface area contributed by atoms with Crippen molar-refractivity contribution < 1.29 is 13.2 Å². The molecule has 1 unspecified atom stereocenters. The van der Waals surface area contributed by atoms with Gasteiger partial charge in [-0.2, -0.15) is 0 Å². The van der Waals surface area contributed by atoms with Crippen molar-refractivity contribution >= 4 is 55.3 Å². The van der Waals surface area contributed by atoms with Crippen LogP contribution in [-0.4, -0.2) is 40.8 Å². The lowest BCUT2D eigenvalue weighted by molar-refractivity contribution is -0.0309. The van der Waals surface area contributed by atoms with Crippen LogP contribution in [0.3, 0.4) is 0 Å². The van der Waals surface area contributed by atoms with Crippen LogP contribution in [0.1, 0.15) is 37.0 Å². The van der Waals surface area contributed by atoms with E-state index >= 15 is 0 Å². The summed E-state index contributed by atoms with van der Waals surface area (Å²) in [6, 6.07) is 6.91. The highest BCUT2D eigenvalue weighted by atomic mass is 35.5. The van der Waals surface area contributed by atoms with Gasteiger partial charge in [0.15, 0.2) is 15.5 Å². The van der Waals surface area contributed by atoms with Gasteiger partial charge >= 0.3 is 0 Å². The Morgan fingerprint density at radius 3 is 2.65 bits per heavy atom. The number of hydrogen-bond donors (Lipinski definition) is 1. The first-order valence-corrected chi connectivity index (χ1v) is 14.1. The van der Waals surface area contributed by atoms with Gasteiger partial charge in [0.1, 0.15) is 27.7 Å². The molecule has 1 aromatic carbocycles. The Labute approximate surface area is 206 Å². The van der Waals surface area contributed by atoms with Gasteiger partial charge in [-0.15, -0.1) is 11.3 Å². The number of anilines is 2. The first-order valence-electron chi connectivity index (χ1n) is 10.9. The molecule has 4 heterocycles. The number of pyridine rings is 1. The van der Waals surface area contributed by atoms with Crippen LogP contribution < -0.4 is 5.32 Å². The molecule has 0 bridgehead atoms. The molecule has 0 spiro atoms. The number of aryl methyl sites for hydroxylation is 2. The number of rotatable bonds is 5. The van der Waals surface area contributed by atoms with Gasteiger partial charge in [0.2, 0.25) is 0 Å². The molecule has 8 nitrogen and oxygen atoms in total. The lowest BCUT2D eigenvalue weighted by Crippen LogP contribution is -2.19. The lowest BCUT2D eigenvalue weighted by atomic mass is 10.2. The number of nitrogens with one attached hydrogen (secondary N) is 1. The average molecular weight is 518 g/mol. The van der Waals surface area contributed by atoms with Gasteiger partial charge in [-0.3, -0.25) is 4.57 Å². The monoisotopic (exact) mass is 517 g/mol. The van der Waals surface area contributed by atoms with Crippen molar-refractivity contribution in [2.45, 2.75) is 44.2 Å². The van der Waals surface area contributed by atoms with Crippen LogP contribution in [0.25, 0.3) is 21.7 Å². The summed E-state index contributed by atoms with van der Waals surface area (Å²) in [7, 11) is -3.54. The third-order valence-electron chi connectivity index (χ3n) is 5.75. The summed E-state index contributed by atoms with van der Waals surface area (Å²) in [5, 5.41) is 6.24. The molecule has 0 aliphatic carbocycles. The molecule has 4 aromatic rings. The van der Waals surface area contributed by atoms with E-state index in [1.165, 1.54) is 17.6 Å². The fourth-order valence-electron chi connectivity index (χ4n) is 4.21. The van der Waals surface area contributed by atoms with E-state index in [4.69, 9.17) is 21.3 Å². The van der Waals surface area contributed by atoms with Crippen molar-refractivity contribution in [1.29, 1.82) is 0 Å². The predicted octanol–water partition coefficient (Wildman–Crippen LogP) is 5.67. The number of benzene rings is 1. The van der Waals surface area contributed by atoms with Gasteiger partial charge in [0, 0.05) is 35.6 Å². The predicted molar refractivity (Wildman–Crippen MR) is 135 cm³/mol. The maximum Gasteiger partial charge on any atom is 0.177 e. The van der Waals surface area contributed by atoms with Crippen LogP contribution in [0.2, 0.25) is 5.15 Å². The molecular formula is C23H24ClN5O3S2. The van der Waals surface area contributed by atoms with Crippen molar-refractivity contribution in [2.24, 2.45) is 0 Å². The van der Waals surface area contributed by atoms with Crippen molar-refractivity contribution in [3.05, 3.63) is 46.3 Å². The van der Waals surface area contributed by atoms with Gasteiger partial charge in [-0.05, 0) is 51.3 Å². The van der Waals surface area contributed by atoms with Crippen LogP contribution in [0.5, 0.6) is 0 Å².